The van der Waals surface area contributed by atoms with Crippen LogP contribution in [0.15, 0.2) is 30.7 Å². The molecule has 1 N–H and O–H groups in total. The summed E-state index contributed by atoms with van der Waals surface area (Å²) in [7, 11) is 0. The molecule has 2 aliphatic heterocycles. The average Bonchev–Trinajstić information content (AvgIpc) is 3.20. The van der Waals surface area contributed by atoms with Gasteiger partial charge in [-0.05, 0) is 45.3 Å². The van der Waals surface area contributed by atoms with E-state index in [0.29, 0.717) is 42.9 Å². The minimum Gasteiger partial charge on any atom is -0.444 e. The predicted octanol–water partition coefficient (Wildman–Crippen LogP) is 3.91. The molecule has 0 unspecified atom stereocenters. The highest BCUT2D eigenvalue weighted by molar-refractivity contribution is 5.95. The molecule has 0 aromatic carbocycles. The SMILES string of the molecule is CC(C)(C)OC(=O)N1CCC=C(c2nc(Nc3cncc(N4CCCC4=O)c3)ncc2F)C1. The summed E-state index contributed by atoms with van der Waals surface area (Å²) < 4.78 is 20.1. The second-order valence-corrected chi connectivity index (χ2v) is 9.02. The van der Waals surface area contributed by atoms with Crippen molar-refractivity contribution in [1.82, 2.24) is 19.9 Å². The molecule has 2 aliphatic rings. The second kappa shape index (κ2) is 9.13. The highest BCUT2D eigenvalue weighted by Gasteiger charge is 2.26. The van der Waals surface area contributed by atoms with Gasteiger partial charge >= 0.3 is 6.09 Å². The maximum atomic E-state index is 14.6. The van der Waals surface area contributed by atoms with E-state index in [1.54, 1.807) is 44.1 Å². The van der Waals surface area contributed by atoms with Crippen molar-refractivity contribution >= 4 is 34.9 Å². The van der Waals surface area contributed by atoms with E-state index < -0.39 is 17.5 Å². The van der Waals surface area contributed by atoms with E-state index in [0.717, 1.165) is 12.6 Å². The zero-order valence-electron chi connectivity index (χ0n) is 19.0. The molecule has 0 spiro atoms. The molecule has 10 heteroatoms. The maximum absolute atomic E-state index is 14.6. The number of carbonyl (C=O) groups excluding carboxylic acids is 2. The van der Waals surface area contributed by atoms with Crippen molar-refractivity contribution in [3.8, 4) is 0 Å². The summed E-state index contributed by atoms with van der Waals surface area (Å²) in [6, 6.07) is 1.78. The summed E-state index contributed by atoms with van der Waals surface area (Å²) in [6.45, 7) is 6.75. The number of halogens is 1. The van der Waals surface area contributed by atoms with Crippen molar-refractivity contribution in [3.05, 3.63) is 42.2 Å². The lowest BCUT2D eigenvalue weighted by Gasteiger charge is -2.30. The summed E-state index contributed by atoms with van der Waals surface area (Å²) in [5.41, 5.74) is 1.37. The predicted molar refractivity (Wildman–Crippen MR) is 121 cm³/mol. The minimum atomic E-state index is -0.613. The van der Waals surface area contributed by atoms with E-state index in [2.05, 4.69) is 20.3 Å². The Morgan fingerprint density at radius 3 is 2.76 bits per heavy atom. The Morgan fingerprint density at radius 2 is 2.03 bits per heavy atom. The van der Waals surface area contributed by atoms with Crippen molar-refractivity contribution in [2.24, 2.45) is 0 Å². The number of nitrogens with one attached hydrogen (secondary N) is 1. The number of hydrogen-bond acceptors (Lipinski definition) is 7. The lowest BCUT2D eigenvalue weighted by Crippen LogP contribution is -2.39. The van der Waals surface area contributed by atoms with Gasteiger partial charge in [-0.25, -0.2) is 19.2 Å². The zero-order chi connectivity index (χ0) is 23.6. The van der Waals surface area contributed by atoms with Gasteiger partial charge in [0.2, 0.25) is 11.9 Å². The van der Waals surface area contributed by atoms with Crippen LogP contribution in [0.1, 0.15) is 45.7 Å². The van der Waals surface area contributed by atoms with Crippen LogP contribution in [-0.2, 0) is 9.53 Å². The molecule has 9 nitrogen and oxygen atoms in total. The standard InChI is InChI=1S/C23H27FN6O3/c1-23(2,3)33-22(32)29-8-4-6-15(14-29)20-18(24)13-26-21(28-20)27-16-10-17(12-25-11-16)30-9-5-7-19(30)31/h6,10-13H,4-5,7-9,14H2,1-3H3,(H,26,27,28). The monoisotopic (exact) mass is 454 g/mol. The summed E-state index contributed by atoms with van der Waals surface area (Å²) in [5.74, 6) is -0.325. The first-order valence-electron chi connectivity index (χ1n) is 10.9. The quantitative estimate of drug-likeness (QED) is 0.748. The number of pyridine rings is 1. The number of carbonyl (C=O) groups is 2. The number of hydrogen-bond donors (Lipinski definition) is 1. The molecule has 2 aromatic heterocycles. The molecule has 2 aromatic rings. The van der Waals surface area contributed by atoms with Crippen molar-refractivity contribution in [2.45, 2.75) is 45.6 Å². The normalized spacial score (nSPS) is 16.6. The van der Waals surface area contributed by atoms with E-state index in [-0.39, 0.29) is 24.1 Å². The Hall–Kier alpha value is -3.56. The first-order chi connectivity index (χ1) is 15.7. The zero-order valence-corrected chi connectivity index (χ0v) is 19.0. The van der Waals surface area contributed by atoms with Gasteiger partial charge in [0.25, 0.3) is 0 Å². The van der Waals surface area contributed by atoms with Crippen LogP contribution in [0.25, 0.3) is 5.57 Å². The molecule has 0 radical (unpaired) electrons. The first-order valence-corrected chi connectivity index (χ1v) is 10.9. The molecule has 0 atom stereocenters. The van der Waals surface area contributed by atoms with Crippen molar-refractivity contribution in [2.75, 3.05) is 29.9 Å². The smallest absolute Gasteiger partial charge is 0.410 e. The Morgan fingerprint density at radius 1 is 1.21 bits per heavy atom. The fraction of sp³-hybridized carbons (Fsp3) is 0.435. The highest BCUT2D eigenvalue weighted by Crippen LogP contribution is 2.26. The molecular weight excluding hydrogens is 427 g/mol. The van der Waals surface area contributed by atoms with Crippen molar-refractivity contribution < 1.29 is 18.7 Å². The largest absolute Gasteiger partial charge is 0.444 e. The number of rotatable bonds is 4. The molecule has 0 saturated carbocycles. The van der Waals surface area contributed by atoms with Gasteiger partial charge in [0.05, 0.1) is 36.5 Å². The topological polar surface area (TPSA) is 101 Å². The first kappa shape index (κ1) is 22.6. The lowest BCUT2D eigenvalue weighted by molar-refractivity contribution is -0.117. The van der Waals surface area contributed by atoms with Gasteiger partial charge in [-0.1, -0.05) is 6.08 Å². The van der Waals surface area contributed by atoms with Gasteiger partial charge < -0.3 is 19.9 Å². The summed E-state index contributed by atoms with van der Waals surface area (Å²) in [6.07, 6.45) is 7.64. The number of ether oxygens (including phenoxy) is 1. The summed E-state index contributed by atoms with van der Waals surface area (Å²) in [4.78, 5) is 40.3. The van der Waals surface area contributed by atoms with E-state index in [1.807, 2.05) is 6.08 Å². The van der Waals surface area contributed by atoms with E-state index in [9.17, 15) is 14.0 Å². The molecule has 0 bridgehead atoms. The van der Waals surface area contributed by atoms with Crippen LogP contribution in [0, 0.1) is 5.82 Å². The number of aromatic nitrogens is 3. The van der Waals surface area contributed by atoms with E-state index in [4.69, 9.17) is 4.74 Å². The third-order valence-corrected chi connectivity index (χ3v) is 5.22. The summed E-state index contributed by atoms with van der Waals surface area (Å²) in [5, 5.41) is 3.03. The number of nitrogens with zero attached hydrogens (tertiary/aromatic N) is 5. The Labute approximate surface area is 191 Å². The van der Waals surface area contributed by atoms with Gasteiger partial charge in [0.15, 0.2) is 5.82 Å². The van der Waals surface area contributed by atoms with Crippen LogP contribution >= 0.6 is 0 Å². The molecular formula is C23H27FN6O3. The molecule has 33 heavy (non-hydrogen) atoms. The third kappa shape index (κ3) is 5.44. The third-order valence-electron chi connectivity index (χ3n) is 5.22. The molecule has 4 heterocycles. The minimum absolute atomic E-state index is 0.0630. The van der Waals surface area contributed by atoms with Gasteiger partial charge in [0, 0.05) is 19.5 Å². The van der Waals surface area contributed by atoms with E-state index >= 15 is 0 Å². The van der Waals surface area contributed by atoms with Gasteiger partial charge in [0.1, 0.15) is 11.3 Å². The summed E-state index contributed by atoms with van der Waals surface area (Å²) >= 11 is 0. The fourth-order valence-corrected chi connectivity index (χ4v) is 3.74. The van der Waals surface area contributed by atoms with E-state index in [1.165, 1.54) is 4.90 Å². The molecule has 0 aliphatic carbocycles. The van der Waals surface area contributed by atoms with Gasteiger partial charge in [-0.3, -0.25) is 9.78 Å². The van der Waals surface area contributed by atoms with Gasteiger partial charge in [-0.15, -0.1) is 0 Å². The maximum Gasteiger partial charge on any atom is 0.410 e. The van der Waals surface area contributed by atoms with Crippen LogP contribution in [-0.4, -0.2) is 57.1 Å². The molecule has 1 fully saturated rings. The van der Waals surface area contributed by atoms with Crippen LogP contribution in [0.5, 0.6) is 0 Å². The van der Waals surface area contributed by atoms with Crippen LogP contribution in [0.2, 0.25) is 0 Å². The van der Waals surface area contributed by atoms with Crippen LogP contribution in [0.4, 0.5) is 26.5 Å². The van der Waals surface area contributed by atoms with Crippen LogP contribution < -0.4 is 10.2 Å². The van der Waals surface area contributed by atoms with Crippen molar-refractivity contribution in [1.29, 1.82) is 0 Å². The average molecular weight is 455 g/mol. The molecule has 2 amide bonds. The Kier molecular flexibility index (Phi) is 6.26. The fourth-order valence-electron chi connectivity index (χ4n) is 3.74. The molecule has 1 saturated heterocycles. The lowest BCUT2D eigenvalue weighted by atomic mass is 10.1. The molecule has 4 rings (SSSR count). The highest BCUT2D eigenvalue weighted by atomic mass is 19.1. The van der Waals surface area contributed by atoms with Crippen LogP contribution in [0.3, 0.4) is 0 Å². The van der Waals surface area contributed by atoms with Crippen molar-refractivity contribution in [3.63, 3.8) is 0 Å². The molecule has 174 valence electrons. The second-order valence-electron chi connectivity index (χ2n) is 9.02. The van der Waals surface area contributed by atoms with Gasteiger partial charge in [-0.2, -0.15) is 0 Å². The Bertz CT molecular complexity index is 1100. The Balaban J connectivity index is 1.51. The number of anilines is 3. The number of amides is 2.